The average Bonchev–Trinajstić information content (AvgIpc) is 2.20. The topological polar surface area (TPSA) is 127 Å². The molecule has 5 N–H and O–H groups in total. The van der Waals surface area contributed by atoms with E-state index in [1.807, 2.05) is 0 Å². The molecule has 7 heteroatoms. The molecule has 15 heavy (non-hydrogen) atoms. The van der Waals surface area contributed by atoms with Crippen molar-refractivity contribution in [2.24, 2.45) is 0 Å². The number of rotatable bonds is 2. The molecule has 0 bridgehead atoms. The van der Waals surface area contributed by atoms with E-state index in [-0.39, 0.29) is 0 Å². The predicted octanol–water partition coefficient (Wildman–Crippen LogP) is -3.26. The molecule has 7 nitrogen and oxygen atoms in total. The molecule has 0 saturated carbocycles. The fourth-order valence-corrected chi connectivity index (χ4v) is 1.56. The Kier molecular flexibility index (Phi) is 3.44. The smallest absolute Gasteiger partial charge is 0.184 e. The van der Waals surface area contributed by atoms with Crippen molar-refractivity contribution in [3.63, 3.8) is 0 Å². The van der Waals surface area contributed by atoms with E-state index in [2.05, 4.69) is 4.74 Å². The Bertz CT molecular complexity index is 255. The molecule has 0 amide bonds. The number of aliphatic hydroxyl groups is 5. The summed E-state index contributed by atoms with van der Waals surface area (Å²) in [6, 6.07) is 0. The first kappa shape index (κ1) is 12.5. The third kappa shape index (κ3) is 1.78. The van der Waals surface area contributed by atoms with Crippen LogP contribution in [0.3, 0.4) is 0 Å². The SMILES string of the molecule is CC(=O)[C@]1(O)[C@H](O)[C@@H](CO)OC(O)[C@@H]1O. The summed E-state index contributed by atoms with van der Waals surface area (Å²) in [5, 5.41) is 46.6. The maximum atomic E-state index is 11.1. The normalized spacial score (nSPS) is 46.5. The van der Waals surface area contributed by atoms with Crippen molar-refractivity contribution in [3.05, 3.63) is 0 Å². The van der Waals surface area contributed by atoms with E-state index in [1.54, 1.807) is 0 Å². The van der Waals surface area contributed by atoms with Crippen LogP contribution in [0.25, 0.3) is 0 Å². The van der Waals surface area contributed by atoms with E-state index in [1.165, 1.54) is 0 Å². The molecule has 0 spiro atoms. The van der Waals surface area contributed by atoms with Crippen LogP contribution in [-0.2, 0) is 9.53 Å². The van der Waals surface area contributed by atoms with Gasteiger partial charge < -0.3 is 30.3 Å². The summed E-state index contributed by atoms with van der Waals surface area (Å²) in [5.74, 6) is -0.914. The minimum absolute atomic E-state index is 0.694. The zero-order valence-electron chi connectivity index (χ0n) is 8.07. The van der Waals surface area contributed by atoms with Gasteiger partial charge in [-0.05, 0) is 6.92 Å². The van der Waals surface area contributed by atoms with E-state index in [4.69, 9.17) is 5.11 Å². The van der Waals surface area contributed by atoms with Crippen LogP contribution in [-0.4, -0.2) is 68.1 Å². The second kappa shape index (κ2) is 4.12. The van der Waals surface area contributed by atoms with Crippen molar-refractivity contribution in [1.82, 2.24) is 0 Å². The molecule has 1 aliphatic heterocycles. The van der Waals surface area contributed by atoms with E-state index in [0.29, 0.717) is 0 Å². The van der Waals surface area contributed by atoms with Crippen molar-refractivity contribution >= 4 is 5.78 Å². The highest BCUT2D eigenvalue weighted by Gasteiger charge is 2.57. The molecule has 88 valence electrons. The van der Waals surface area contributed by atoms with Crippen LogP contribution in [0.4, 0.5) is 0 Å². The van der Waals surface area contributed by atoms with Gasteiger partial charge in [-0.1, -0.05) is 0 Å². The van der Waals surface area contributed by atoms with Crippen molar-refractivity contribution in [2.45, 2.75) is 37.1 Å². The fourth-order valence-electron chi connectivity index (χ4n) is 1.56. The standard InChI is InChI=1S/C8H14O7/c1-3(10)8(14)5(11)4(2-9)15-7(13)6(8)12/h4-7,9,11-14H,2H2,1H3/t4-,5-,6+,7?,8+/m1/s1. The number of ether oxygens (including phenoxy) is 1. The monoisotopic (exact) mass is 222 g/mol. The minimum atomic E-state index is -2.52. The van der Waals surface area contributed by atoms with Gasteiger partial charge in [0.05, 0.1) is 6.61 Å². The fraction of sp³-hybridized carbons (Fsp3) is 0.875. The highest BCUT2D eigenvalue weighted by Crippen LogP contribution is 2.29. The summed E-state index contributed by atoms with van der Waals surface area (Å²) >= 11 is 0. The highest BCUT2D eigenvalue weighted by molar-refractivity contribution is 5.86. The Labute approximate surface area is 85.5 Å². The highest BCUT2D eigenvalue weighted by atomic mass is 16.6. The van der Waals surface area contributed by atoms with E-state index >= 15 is 0 Å². The maximum Gasteiger partial charge on any atom is 0.184 e. The number of ketones is 1. The van der Waals surface area contributed by atoms with Crippen LogP contribution < -0.4 is 0 Å². The molecule has 5 atom stereocenters. The average molecular weight is 222 g/mol. The first-order chi connectivity index (χ1) is 6.85. The van der Waals surface area contributed by atoms with Gasteiger partial charge in [-0.15, -0.1) is 0 Å². The lowest BCUT2D eigenvalue weighted by Gasteiger charge is -2.44. The molecule has 0 aromatic rings. The molecule has 0 aromatic heterocycles. The Hall–Kier alpha value is -0.570. The van der Waals surface area contributed by atoms with Crippen LogP contribution in [0.1, 0.15) is 6.92 Å². The third-order valence-electron chi connectivity index (χ3n) is 2.58. The molecule has 1 saturated heterocycles. The summed E-state index contributed by atoms with van der Waals surface area (Å²) in [5.41, 5.74) is -2.52. The largest absolute Gasteiger partial charge is 0.394 e. The Morgan fingerprint density at radius 3 is 2.27 bits per heavy atom. The minimum Gasteiger partial charge on any atom is -0.394 e. The first-order valence-electron chi connectivity index (χ1n) is 4.39. The van der Waals surface area contributed by atoms with Crippen LogP contribution in [0.2, 0.25) is 0 Å². The van der Waals surface area contributed by atoms with E-state index < -0.39 is 42.6 Å². The van der Waals surface area contributed by atoms with Gasteiger partial charge in [0.15, 0.2) is 17.7 Å². The summed E-state index contributed by atoms with van der Waals surface area (Å²) in [7, 11) is 0. The zero-order chi connectivity index (χ0) is 11.8. The van der Waals surface area contributed by atoms with Crippen molar-refractivity contribution in [3.8, 4) is 0 Å². The molecule has 1 rings (SSSR count). The lowest BCUT2D eigenvalue weighted by atomic mass is 9.81. The maximum absolute atomic E-state index is 11.1. The van der Waals surface area contributed by atoms with Gasteiger partial charge in [0, 0.05) is 0 Å². The Balaban J connectivity index is 3.04. The van der Waals surface area contributed by atoms with Crippen molar-refractivity contribution in [2.75, 3.05) is 6.61 Å². The Morgan fingerprint density at radius 2 is 1.87 bits per heavy atom. The molecule has 1 heterocycles. The molecule has 0 radical (unpaired) electrons. The van der Waals surface area contributed by atoms with Crippen LogP contribution in [0.15, 0.2) is 0 Å². The van der Waals surface area contributed by atoms with Gasteiger partial charge in [-0.3, -0.25) is 4.79 Å². The molecule has 1 aliphatic rings. The lowest BCUT2D eigenvalue weighted by Crippen LogP contribution is -2.70. The first-order valence-corrected chi connectivity index (χ1v) is 4.39. The Morgan fingerprint density at radius 1 is 1.33 bits per heavy atom. The summed E-state index contributed by atoms with van der Waals surface area (Å²) in [4.78, 5) is 11.1. The van der Waals surface area contributed by atoms with Gasteiger partial charge in [-0.25, -0.2) is 0 Å². The second-order valence-electron chi connectivity index (χ2n) is 3.52. The van der Waals surface area contributed by atoms with Crippen molar-refractivity contribution < 1.29 is 35.1 Å². The third-order valence-corrected chi connectivity index (χ3v) is 2.58. The predicted molar refractivity (Wildman–Crippen MR) is 45.6 cm³/mol. The summed E-state index contributed by atoms with van der Waals surface area (Å²) in [6.45, 7) is 0.263. The molecule has 1 fully saturated rings. The van der Waals surface area contributed by atoms with Gasteiger partial charge in [0.1, 0.15) is 18.3 Å². The molecule has 1 unspecified atom stereocenters. The molecular weight excluding hydrogens is 208 g/mol. The van der Waals surface area contributed by atoms with Crippen molar-refractivity contribution in [1.29, 1.82) is 0 Å². The summed E-state index contributed by atoms with van der Waals surface area (Å²) < 4.78 is 4.60. The lowest BCUT2D eigenvalue weighted by molar-refractivity contribution is -0.311. The summed E-state index contributed by atoms with van der Waals surface area (Å²) in [6.07, 6.45) is -6.90. The molecule has 0 aliphatic carbocycles. The zero-order valence-corrected chi connectivity index (χ0v) is 8.07. The number of carbonyl (C=O) groups is 1. The van der Waals surface area contributed by atoms with Crippen LogP contribution in [0, 0.1) is 0 Å². The number of aliphatic hydroxyl groups excluding tert-OH is 4. The number of hydrogen-bond acceptors (Lipinski definition) is 7. The van der Waals surface area contributed by atoms with E-state index in [0.717, 1.165) is 6.92 Å². The van der Waals surface area contributed by atoms with E-state index in [9.17, 15) is 25.2 Å². The van der Waals surface area contributed by atoms with Gasteiger partial charge in [0.2, 0.25) is 0 Å². The number of hydrogen-bond donors (Lipinski definition) is 5. The van der Waals surface area contributed by atoms with Crippen LogP contribution in [0.5, 0.6) is 0 Å². The quantitative estimate of drug-likeness (QED) is 0.332. The number of Topliss-reactive ketones (excluding diaryl/α,β-unsaturated/α-hetero) is 1. The van der Waals surface area contributed by atoms with Gasteiger partial charge >= 0.3 is 0 Å². The van der Waals surface area contributed by atoms with Gasteiger partial charge in [-0.2, -0.15) is 0 Å². The molecule has 0 aromatic carbocycles. The second-order valence-corrected chi connectivity index (χ2v) is 3.52. The molecular formula is C8H14O7. The van der Waals surface area contributed by atoms with Crippen LogP contribution >= 0.6 is 0 Å². The van der Waals surface area contributed by atoms with Gasteiger partial charge in [0.25, 0.3) is 0 Å². The number of carbonyl (C=O) groups excluding carboxylic acids is 1.